The molecule has 1 aromatic heterocycles. The van der Waals surface area contributed by atoms with Crippen molar-refractivity contribution in [2.75, 3.05) is 12.0 Å². The lowest BCUT2D eigenvalue weighted by atomic mass is 10.0. The molecule has 2 heterocycles. The van der Waals surface area contributed by atoms with Gasteiger partial charge in [0.05, 0.1) is 35.1 Å². The zero-order valence-corrected chi connectivity index (χ0v) is 11.8. The zero-order valence-electron chi connectivity index (χ0n) is 9.46. The first kappa shape index (κ1) is 12.2. The molecule has 1 aliphatic heterocycles. The molecule has 3 rings (SSSR count). The van der Waals surface area contributed by atoms with Crippen LogP contribution in [-0.4, -0.2) is 11.6 Å². The van der Waals surface area contributed by atoms with Gasteiger partial charge < -0.3 is 10.2 Å². The van der Waals surface area contributed by atoms with Crippen molar-refractivity contribution in [2.45, 2.75) is 13.0 Å². The number of nitrogen functional groups attached to an aromatic ring is 1. The minimum Gasteiger partial charge on any atom is -0.376 e. The van der Waals surface area contributed by atoms with E-state index in [1.807, 2.05) is 12.1 Å². The molecule has 0 atom stereocenters. The molecule has 0 aliphatic carbocycles. The van der Waals surface area contributed by atoms with Gasteiger partial charge in [-0.25, -0.2) is 0 Å². The van der Waals surface area contributed by atoms with Crippen molar-refractivity contribution in [3.63, 3.8) is 0 Å². The highest BCUT2D eigenvalue weighted by Crippen LogP contribution is 2.38. The van der Waals surface area contributed by atoms with Gasteiger partial charge in [0.15, 0.2) is 0 Å². The summed E-state index contributed by atoms with van der Waals surface area (Å²) in [6.07, 6.45) is 0.781. The van der Waals surface area contributed by atoms with E-state index in [4.69, 9.17) is 22.2 Å². The Morgan fingerprint density at radius 2 is 2.28 bits per heavy atom. The summed E-state index contributed by atoms with van der Waals surface area (Å²) in [6.45, 7) is 1.21. The molecule has 0 saturated carbocycles. The first-order chi connectivity index (χ1) is 8.72. The van der Waals surface area contributed by atoms with Gasteiger partial charge in [0.1, 0.15) is 0 Å². The number of hydrazine groups is 1. The number of nitrogens with one attached hydrogen (secondary N) is 1. The van der Waals surface area contributed by atoms with Gasteiger partial charge >= 0.3 is 0 Å². The summed E-state index contributed by atoms with van der Waals surface area (Å²) in [5.41, 5.74) is 6.37. The molecule has 0 saturated heterocycles. The Labute approximate surface area is 118 Å². The Morgan fingerprint density at radius 1 is 1.44 bits per heavy atom. The molecule has 6 heteroatoms. The highest BCUT2D eigenvalue weighted by Gasteiger charge is 2.20. The zero-order chi connectivity index (χ0) is 12.7. The standard InChI is InChI=1S/C12H11BrClN3O/c13-7-1-2-8(14)12-10(7)11(17-15)6-5-18-4-3-9(6)16-12/h1-2H,3-5,15H2,(H,16,17). The van der Waals surface area contributed by atoms with E-state index in [9.17, 15) is 0 Å². The molecule has 0 radical (unpaired) electrons. The third kappa shape index (κ3) is 1.78. The highest BCUT2D eigenvalue weighted by molar-refractivity contribution is 9.10. The number of hydrogen-bond acceptors (Lipinski definition) is 4. The predicted molar refractivity (Wildman–Crippen MR) is 75.6 cm³/mol. The number of nitrogens with two attached hydrogens (primary N) is 1. The largest absolute Gasteiger partial charge is 0.376 e. The lowest BCUT2D eigenvalue weighted by Gasteiger charge is -2.21. The lowest BCUT2D eigenvalue weighted by Crippen LogP contribution is -2.18. The van der Waals surface area contributed by atoms with Crippen LogP contribution in [0, 0.1) is 0 Å². The maximum Gasteiger partial charge on any atom is 0.0924 e. The third-order valence-electron chi connectivity index (χ3n) is 3.10. The topological polar surface area (TPSA) is 60.2 Å². The Kier molecular flexibility index (Phi) is 3.15. The number of benzene rings is 1. The Hall–Kier alpha value is -0.880. The number of anilines is 1. The summed E-state index contributed by atoms with van der Waals surface area (Å²) in [5.74, 6) is 5.66. The molecule has 0 amide bonds. The minimum absolute atomic E-state index is 0.525. The van der Waals surface area contributed by atoms with Gasteiger partial charge in [-0.2, -0.15) is 0 Å². The van der Waals surface area contributed by atoms with E-state index in [2.05, 4.69) is 26.3 Å². The molecule has 4 nitrogen and oxygen atoms in total. The van der Waals surface area contributed by atoms with Crippen LogP contribution in [0.4, 0.5) is 5.69 Å². The number of pyridine rings is 1. The van der Waals surface area contributed by atoms with Crippen LogP contribution in [0.2, 0.25) is 5.02 Å². The fourth-order valence-electron chi connectivity index (χ4n) is 2.25. The molecule has 2 aromatic rings. The fraction of sp³-hybridized carbons (Fsp3) is 0.250. The van der Waals surface area contributed by atoms with Crippen molar-refractivity contribution in [3.8, 4) is 0 Å². The van der Waals surface area contributed by atoms with E-state index in [1.165, 1.54) is 0 Å². The average molecular weight is 329 g/mol. The Bertz CT molecular complexity index is 632. The van der Waals surface area contributed by atoms with Gasteiger partial charge in [0.25, 0.3) is 0 Å². The van der Waals surface area contributed by atoms with Crippen LogP contribution in [0.3, 0.4) is 0 Å². The summed E-state index contributed by atoms with van der Waals surface area (Å²) < 4.78 is 6.39. The van der Waals surface area contributed by atoms with Gasteiger partial charge in [-0.3, -0.25) is 10.8 Å². The fourth-order valence-corrected chi connectivity index (χ4v) is 2.97. The second-order valence-corrected chi connectivity index (χ2v) is 5.37. The Morgan fingerprint density at radius 3 is 3.06 bits per heavy atom. The first-order valence-corrected chi connectivity index (χ1v) is 6.73. The molecule has 0 spiro atoms. The SMILES string of the molecule is NNc1c2c(nc3c(Cl)ccc(Br)c13)CCOC2. The monoisotopic (exact) mass is 327 g/mol. The van der Waals surface area contributed by atoms with Gasteiger partial charge in [-0.1, -0.05) is 27.5 Å². The molecular formula is C12H11BrClN3O. The third-order valence-corrected chi connectivity index (χ3v) is 4.06. The number of fused-ring (bicyclic) bond motifs is 2. The predicted octanol–water partition coefficient (Wildman–Crippen LogP) is 3.01. The van der Waals surface area contributed by atoms with Crippen molar-refractivity contribution in [1.82, 2.24) is 4.98 Å². The second-order valence-electron chi connectivity index (χ2n) is 4.11. The Balaban J connectivity index is 2.44. The molecule has 1 aliphatic rings. The van der Waals surface area contributed by atoms with E-state index in [1.54, 1.807) is 0 Å². The molecule has 94 valence electrons. The summed E-state index contributed by atoms with van der Waals surface area (Å²) in [7, 11) is 0. The minimum atomic E-state index is 0.525. The van der Waals surface area contributed by atoms with Crippen molar-refractivity contribution in [2.24, 2.45) is 5.84 Å². The van der Waals surface area contributed by atoms with Crippen LogP contribution in [0.25, 0.3) is 10.9 Å². The molecule has 1 aromatic carbocycles. The average Bonchev–Trinajstić information content (AvgIpc) is 2.41. The smallest absolute Gasteiger partial charge is 0.0924 e. The van der Waals surface area contributed by atoms with Crippen molar-refractivity contribution in [1.29, 1.82) is 0 Å². The van der Waals surface area contributed by atoms with E-state index in [0.29, 0.717) is 18.2 Å². The van der Waals surface area contributed by atoms with Crippen molar-refractivity contribution < 1.29 is 4.74 Å². The van der Waals surface area contributed by atoms with E-state index < -0.39 is 0 Å². The van der Waals surface area contributed by atoms with Crippen molar-refractivity contribution >= 4 is 44.1 Å². The van der Waals surface area contributed by atoms with Crippen LogP contribution in [-0.2, 0) is 17.8 Å². The van der Waals surface area contributed by atoms with Crippen LogP contribution < -0.4 is 11.3 Å². The number of nitrogens with zero attached hydrogens (tertiary/aromatic N) is 1. The summed E-state index contributed by atoms with van der Waals surface area (Å²) in [5, 5.41) is 1.52. The van der Waals surface area contributed by atoms with Crippen molar-refractivity contribution in [3.05, 3.63) is 32.9 Å². The number of rotatable bonds is 1. The number of hydrogen-bond donors (Lipinski definition) is 2. The van der Waals surface area contributed by atoms with Crippen LogP contribution in [0.5, 0.6) is 0 Å². The maximum atomic E-state index is 6.22. The van der Waals surface area contributed by atoms with Gasteiger partial charge in [-0.05, 0) is 12.1 Å². The van der Waals surface area contributed by atoms with Crippen LogP contribution >= 0.6 is 27.5 Å². The molecule has 0 fully saturated rings. The summed E-state index contributed by atoms with van der Waals surface area (Å²) in [6, 6.07) is 3.72. The quantitative estimate of drug-likeness (QED) is 0.624. The summed E-state index contributed by atoms with van der Waals surface area (Å²) in [4.78, 5) is 4.65. The van der Waals surface area contributed by atoms with Crippen LogP contribution in [0.15, 0.2) is 16.6 Å². The first-order valence-electron chi connectivity index (χ1n) is 5.56. The molecule has 18 heavy (non-hydrogen) atoms. The second kappa shape index (κ2) is 4.66. The molecule has 0 unspecified atom stereocenters. The van der Waals surface area contributed by atoms with Crippen LogP contribution in [0.1, 0.15) is 11.3 Å². The number of ether oxygens (including phenoxy) is 1. The van der Waals surface area contributed by atoms with E-state index >= 15 is 0 Å². The molecular weight excluding hydrogens is 318 g/mol. The molecule has 3 N–H and O–H groups in total. The molecule has 0 bridgehead atoms. The van der Waals surface area contributed by atoms with E-state index in [0.717, 1.165) is 38.7 Å². The van der Waals surface area contributed by atoms with Gasteiger partial charge in [0, 0.05) is 21.8 Å². The lowest BCUT2D eigenvalue weighted by molar-refractivity contribution is 0.110. The van der Waals surface area contributed by atoms with Gasteiger partial charge in [-0.15, -0.1) is 0 Å². The highest BCUT2D eigenvalue weighted by atomic mass is 79.9. The maximum absolute atomic E-state index is 6.22. The normalized spacial score (nSPS) is 14.6. The number of halogens is 2. The summed E-state index contributed by atoms with van der Waals surface area (Å²) >= 11 is 9.73. The number of aromatic nitrogens is 1. The van der Waals surface area contributed by atoms with Gasteiger partial charge in [0.2, 0.25) is 0 Å². The van der Waals surface area contributed by atoms with E-state index in [-0.39, 0.29) is 0 Å².